The summed E-state index contributed by atoms with van der Waals surface area (Å²) < 4.78 is 11.9. The normalized spacial score (nSPS) is 14.2. The summed E-state index contributed by atoms with van der Waals surface area (Å²) in [6.07, 6.45) is 0. The fourth-order valence-corrected chi connectivity index (χ4v) is 2.78. The smallest absolute Gasteiger partial charge is 0.237 e. The van der Waals surface area contributed by atoms with Crippen molar-refractivity contribution in [2.45, 2.75) is 26.0 Å². The van der Waals surface area contributed by atoms with Gasteiger partial charge in [-0.15, -0.1) is 0 Å². The molecule has 0 aliphatic heterocycles. The van der Waals surface area contributed by atoms with E-state index in [4.69, 9.17) is 17.3 Å². The third kappa shape index (κ3) is 4.84. The van der Waals surface area contributed by atoms with Crippen molar-refractivity contribution in [3.05, 3.63) is 23.2 Å². The molecule has 1 aromatic rings. The van der Waals surface area contributed by atoms with Gasteiger partial charge in [-0.1, -0.05) is 32.4 Å². The van der Waals surface area contributed by atoms with E-state index in [0.29, 0.717) is 16.4 Å². The maximum atomic E-state index is 11.9. The molecule has 0 aliphatic carbocycles. The third-order valence-electron chi connectivity index (χ3n) is 2.91. The molecule has 0 heterocycles. The molecule has 0 fully saturated rings. The molecular formula is C13H19ClN2O2S. The summed E-state index contributed by atoms with van der Waals surface area (Å²) in [5.41, 5.74) is 6.62. The molecule has 4 nitrogen and oxygen atoms in total. The number of nitrogens with one attached hydrogen (secondary N) is 1. The highest BCUT2D eigenvalue weighted by atomic mass is 35.5. The van der Waals surface area contributed by atoms with Crippen molar-refractivity contribution < 1.29 is 9.00 Å². The van der Waals surface area contributed by atoms with Crippen molar-refractivity contribution in [3.8, 4) is 0 Å². The zero-order valence-electron chi connectivity index (χ0n) is 11.3. The fraction of sp³-hybridized carbons (Fsp3) is 0.462. The van der Waals surface area contributed by atoms with Gasteiger partial charge in [-0.25, -0.2) is 0 Å². The first-order valence-corrected chi connectivity index (χ1v) is 7.79. The van der Waals surface area contributed by atoms with Gasteiger partial charge in [-0.05, 0) is 24.1 Å². The van der Waals surface area contributed by atoms with Gasteiger partial charge < -0.3 is 11.1 Å². The number of amides is 1. The van der Waals surface area contributed by atoms with Gasteiger partial charge in [0.1, 0.15) is 5.75 Å². The maximum Gasteiger partial charge on any atom is 0.237 e. The molecule has 0 saturated heterocycles. The minimum atomic E-state index is -1.19. The Labute approximate surface area is 121 Å². The molecule has 1 rings (SSSR count). The standard InChI is InChI=1S/C13H19ClN2O2S/c1-8(2)9(3)19(18)7-13(17)16-12-5-4-10(14)6-11(12)15/h4-6,8-9H,7,15H2,1-3H3,(H,16,17). The van der Waals surface area contributed by atoms with Gasteiger partial charge in [0.15, 0.2) is 0 Å². The molecule has 106 valence electrons. The first-order valence-electron chi connectivity index (χ1n) is 6.03. The number of carbonyl (C=O) groups is 1. The molecule has 2 unspecified atom stereocenters. The minimum absolute atomic E-state index is 0.0201. The molecule has 0 aliphatic rings. The van der Waals surface area contributed by atoms with Crippen molar-refractivity contribution in [2.75, 3.05) is 16.8 Å². The SMILES string of the molecule is CC(C)C(C)S(=O)CC(=O)Nc1ccc(Cl)cc1N. The Balaban J connectivity index is 2.63. The van der Waals surface area contributed by atoms with Crippen LogP contribution in [0.1, 0.15) is 20.8 Å². The molecule has 3 N–H and O–H groups in total. The molecule has 0 saturated carbocycles. The molecule has 2 atom stereocenters. The number of hydrogen-bond donors (Lipinski definition) is 2. The number of anilines is 2. The molecule has 19 heavy (non-hydrogen) atoms. The molecule has 0 aromatic heterocycles. The van der Waals surface area contributed by atoms with Crippen LogP contribution in [0.15, 0.2) is 18.2 Å². The highest BCUT2D eigenvalue weighted by Gasteiger charge is 2.18. The van der Waals surface area contributed by atoms with Gasteiger partial charge in [0.25, 0.3) is 0 Å². The molecule has 6 heteroatoms. The summed E-state index contributed by atoms with van der Waals surface area (Å²) in [6, 6.07) is 4.83. The van der Waals surface area contributed by atoms with Crippen LogP contribution >= 0.6 is 11.6 Å². The van der Waals surface area contributed by atoms with E-state index in [1.807, 2.05) is 20.8 Å². The molecule has 0 bridgehead atoms. The number of hydrogen-bond acceptors (Lipinski definition) is 3. The Bertz CT molecular complexity index is 492. The lowest BCUT2D eigenvalue weighted by molar-refractivity contribution is -0.113. The maximum absolute atomic E-state index is 11.9. The van der Waals surface area contributed by atoms with E-state index < -0.39 is 10.8 Å². The number of halogens is 1. The lowest BCUT2D eigenvalue weighted by Crippen LogP contribution is -2.27. The van der Waals surface area contributed by atoms with E-state index in [0.717, 1.165) is 0 Å². The van der Waals surface area contributed by atoms with E-state index in [-0.39, 0.29) is 22.8 Å². The Kier molecular flexibility index (Phi) is 5.82. The summed E-state index contributed by atoms with van der Waals surface area (Å²) in [4.78, 5) is 11.8. The number of benzene rings is 1. The lowest BCUT2D eigenvalue weighted by atomic mass is 10.2. The second-order valence-electron chi connectivity index (χ2n) is 4.75. The van der Waals surface area contributed by atoms with Gasteiger partial charge in [-0.2, -0.15) is 0 Å². The highest BCUT2D eigenvalue weighted by Crippen LogP contribution is 2.22. The summed E-state index contributed by atoms with van der Waals surface area (Å²) in [7, 11) is -1.19. The van der Waals surface area contributed by atoms with Crippen LogP contribution in [-0.4, -0.2) is 21.1 Å². The van der Waals surface area contributed by atoms with Crippen LogP contribution in [0.2, 0.25) is 5.02 Å². The summed E-state index contributed by atoms with van der Waals surface area (Å²) in [5, 5.41) is 3.13. The van der Waals surface area contributed by atoms with Crippen molar-refractivity contribution in [2.24, 2.45) is 5.92 Å². The monoisotopic (exact) mass is 302 g/mol. The Morgan fingerprint density at radius 1 is 1.42 bits per heavy atom. The van der Waals surface area contributed by atoms with E-state index in [2.05, 4.69) is 5.32 Å². The average molecular weight is 303 g/mol. The van der Waals surface area contributed by atoms with Crippen molar-refractivity contribution in [1.82, 2.24) is 0 Å². The molecule has 0 radical (unpaired) electrons. The second kappa shape index (κ2) is 6.91. The molecule has 1 aromatic carbocycles. The van der Waals surface area contributed by atoms with Gasteiger partial charge in [0.05, 0.1) is 11.4 Å². The van der Waals surface area contributed by atoms with Crippen molar-refractivity contribution >= 4 is 39.7 Å². The first-order chi connectivity index (χ1) is 8.81. The second-order valence-corrected chi connectivity index (χ2v) is 6.98. The number of nitrogens with two attached hydrogens (primary N) is 1. The summed E-state index contributed by atoms with van der Waals surface area (Å²) >= 11 is 5.77. The fourth-order valence-electron chi connectivity index (χ4n) is 1.40. The van der Waals surface area contributed by atoms with Crippen LogP contribution in [0.4, 0.5) is 11.4 Å². The van der Waals surface area contributed by atoms with E-state index in [1.54, 1.807) is 18.2 Å². The number of rotatable bonds is 5. The van der Waals surface area contributed by atoms with E-state index in [9.17, 15) is 9.00 Å². The lowest BCUT2D eigenvalue weighted by Gasteiger charge is -2.15. The van der Waals surface area contributed by atoms with Crippen LogP contribution in [0.3, 0.4) is 0 Å². The largest absolute Gasteiger partial charge is 0.397 e. The van der Waals surface area contributed by atoms with Crippen LogP contribution in [0, 0.1) is 5.92 Å². The van der Waals surface area contributed by atoms with Crippen molar-refractivity contribution in [3.63, 3.8) is 0 Å². The van der Waals surface area contributed by atoms with Crippen LogP contribution in [-0.2, 0) is 15.6 Å². The topological polar surface area (TPSA) is 72.2 Å². The van der Waals surface area contributed by atoms with Crippen LogP contribution in [0.5, 0.6) is 0 Å². The third-order valence-corrected chi connectivity index (χ3v) is 5.07. The quantitative estimate of drug-likeness (QED) is 0.821. The van der Waals surface area contributed by atoms with Crippen molar-refractivity contribution in [1.29, 1.82) is 0 Å². The summed E-state index contributed by atoms with van der Waals surface area (Å²) in [5.74, 6) is -0.0596. The highest BCUT2D eigenvalue weighted by molar-refractivity contribution is 7.86. The van der Waals surface area contributed by atoms with E-state index >= 15 is 0 Å². The van der Waals surface area contributed by atoms with Crippen LogP contribution < -0.4 is 11.1 Å². The molecule has 1 amide bonds. The Morgan fingerprint density at radius 3 is 2.58 bits per heavy atom. The Hall–Kier alpha value is -1.07. The predicted molar refractivity (Wildman–Crippen MR) is 81.8 cm³/mol. The van der Waals surface area contributed by atoms with Gasteiger partial charge >= 0.3 is 0 Å². The number of carbonyl (C=O) groups excluding carboxylic acids is 1. The average Bonchev–Trinajstić information content (AvgIpc) is 2.31. The van der Waals surface area contributed by atoms with E-state index in [1.165, 1.54) is 0 Å². The minimum Gasteiger partial charge on any atom is -0.397 e. The number of nitrogen functional groups attached to an aromatic ring is 1. The predicted octanol–water partition coefficient (Wildman–Crippen LogP) is 2.65. The van der Waals surface area contributed by atoms with Gasteiger partial charge in [-0.3, -0.25) is 9.00 Å². The summed E-state index contributed by atoms with van der Waals surface area (Å²) in [6.45, 7) is 5.85. The van der Waals surface area contributed by atoms with Gasteiger partial charge in [0, 0.05) is 21.1 Å². The van der Waals surface area contributed by atoms with Gasteiger partial charge in [0.2, 0.25) is 5.91 Å². The first kappa shape index (κ1) is 16.0. The Morgan fingerprint density at radius 2 is 2.05 bits per heavy atom. The zero-order chi connectivity index (χ0) is 14.6. The van der Waals surface area contributed by atoms with Crippen LogP contribution in [0.25, 0.3) is 0 Å². The zero-order valence-corrected chi connectivity index (χ0v) is 12.8. The molecule has 0 spiro atoms. The molecular weight excluding hydrogens is 284 g/mol.